The van der Waals surface area contributed by atoms with Gasteiger partial charge in [-0.15, -0.1) is 0 Å². The van der Waals surface area contributed by atoms with Gasteiger partial charge in [0.2, 0.25) is 5.79 Å². The number of hydrogen-bond donors (Lipinski definition) is 1. The Bertz CT molecular complexity index is 262. The second kappa shape index (κ2) is 4.67. The lowest BCUT2D eigenvalue weighted by molar-refractivity contribution is -0.140. The summed E-state index contributed by atoms with van der Waals surface area (Å²) in [5.74, 6) is -0.701. The Morgan fingerprint density at radius 1 is 1.00 bits per heavy atom. The maximum atomic E-state index is 9.48. The molecule has 0 aromatic rings. The third-order valence-electron chi connectivity index (χ3n) is 2.46. The maximum absolute atomic E-state index is 9.48. The van der Waals surface area contributed by atoms with E-state index in [1.165, 1.54) is 0 Å². The Morgan fingerprint density at radius 3 is 1.93 bits per heavy atom. The van der Waals surface area contributed by atoms with E-state index in [-0.39, 0.29) is 9.65 Å². The van der Waals surface area contributed by atoms with Gasteiger partial charge in [0, 0.05) is 0 Å². The average Bonchev–Trinajstić information content (AvgIpc) is 2.71. The summed E-state index contributed by atoms with van der Waals surface area (Å²) >= 11 is 7.03. The highest BCUT2D eigenvalue weighted by atomic mass is 79.9. The number of rotatable bonds is 0. The van der Waals surface area contributed by atoms with Gasteiger partial charge in [0.25, 0.3) is 0 Å². The van der Waals surface area contributed by atoms with Gasteiger partial charge in [-0.25, -0.2) is 0 Å². The van der Waals surface area contributed by atoms with Crippen LogP contribution in [0.3, 0.4) is 0 Å². The van der Waals surface area contributed by atoms with E-state index in [1.54, 1.807) is 12.2 Å². The first-order chi connectivity index (χ1) is 7.15. The lowest BCUT2D eigenvalue weighted by atomic mass is 10.0. The Labute approximate surface area is 105 Å². The molecule has 2 rings (SSSR count). The second-order valence-corrected chi connectivity index (χ2v) is 5.46. The van der Waals surface area contributed by atoms with Gasteiger partial charge in [-0.2, -0.15) is 0 Å². The van der Waals surface area contributed by atoms with Crippen LogP contribution in [0.15, 0.2) is 24.3 Å². The molecule has 5 heteroatoms. The van der Waals surface area contributed by atoms with E-state index in [9.17, 15) is 5.11 Å². The van der Waals surface area contributed by atoms with Crippen LogP contribution in [0, 0.1) is 0 Å². The minimum absolute atomic E-state index is 0.0866. The van der Waals surface area contributed by atoms with E-state index in [4.69, 9.17) is 9.47 Å². The maximum Gasteiger partial charge on any atom is 0.200 e. The van der Waals surface area contributed by atoms with E-state index in [0.717, 1.165) is 0 Å². The SMILES string of the molecule is OC1/C=C\[C@@H](Br)C2(OCCO2)[C@H](Br)/C=C\1. The summed E-state index contributed by atoms with van der Waals surface area (Å²) in [6.07, 6.45) is 6.58. The number of aliphatic hydroxyl groups excluding tert-OH is 1. The zero-order valence-electron chi connectivity index (χ0n) is 7.98. The molecule has 0 bridgehead atoms. The van der Waals surface area contributed by atoms with Gasteiger partial charge in [0.05, 0.1) is 29.0 Å². The average molecular weight is 340 g/mol. The molecule has 0 amide bonds. The van der Waals surface area contributed by atoms with Gasteiger partial charge in [-0.3, -0.25) is 0 Å². The minimum atomic E-state index is -0.701. The first kappa shape index (κ1) is 11.8. The largest absolute Gasteiger partial charge is 0.385 e. The smallest absolute Gasteiger partial charge is 0.200 e. The number of ether oxygens (including phenoxy) is 2. The Kier molecular flexibility index (Phi) is 3.67. The van der Waals surface area contributed by atoms with Crippen LogP contribution in [-0.2, 0) is 9.47 Å². The second-order valence-electron chi connectivity index (χ2n) is 3.48. The van der Waals surface area contributed by atoms with Crippen molar-refractivity contribution in [2.24, 2.45) is 0 Å². The van der Waals surface area contributed by atoms with Gasteiger partial charge >= 0.3 is 0 Å². The fraction of sp³-hybridized carbons (Fsp3) is 0.600. The lowest BCUT2D eigenvalue weighted by Crippen LogP contribution is -2.47. The molecule has 1 aliphatic carbocycles. The molecule has 15 heavy (non-hydrogen) atoms. The molecule has 2 aliphatic rings. The van der Waals surface area contributed by atoms with Crippen LogP contribution in [0.5, 0.6) is 0 Å². The minimum Gasteiger partial charge on any atom is -0.385 e. The van der Waals surface area contributed by atoms with Crippen LogP contribution in [0.4, 0.5) is 0 Å². The Balaban J connectivity index is 2.28. The van der Waals surface area contributed by atoms with E-state index >= 15 is 0 Å². The van der Waals surface area contributed by atoms with Crippen molar-refractivity contribution in [1.82, 2.24) is 0 Å². The highest BCUT2D eigenvalue weighted by molar-refractivity contribution is 9.10. The first-order valence-corrected chi connectivity index (χ1v) is 6.59. The fourth-order valence-electron chi connectivity index (χ4n) is 1.67. The third-order valence-corrected chi connectivity index (χ3v) is 4.35. The predicted molar refractivity (Wildman–Crippen MR) is 64.4 cm³/mol. The standard InChI is InChI=1S/C10H12Br2O3/c11-8-3-1-7(13)2-4-9(12)10(8)14-5-6-15-10/h1-4,7-9,13H,5-6H2/b3-1-,4-2-/t8-,9-/m1/s1. The van der Waals surface area contributed by atoms with Crippen molar-refractivity contribution in [1.29, 1.82) is 0 Å². The van der Waals surface area contributed by atoms with Crippen LogP contribution >= 0.6 is 31.9 Å². The molecule has 1 fully saturated rings. The number of aliphatic hydroxyl groups is 1. The molecule has 1 heterocycles. The molecule has 1 spiro atoms. The number of hydrogen-bond acceptors (Lipinski definition) is 3. The van der Waals surface area contributed by atoms with Crippen LogP contribution in [0.2, 0.25) is 0 Å². The highest BCUT2D eigenvalue weighted by Crippen LogP contribution is 2.38. The van der Waals surface area contributed by atoms with E-state index in [1.807, 2.05) is 12.2 Å². The van der Waals surface area contributed by atoms with Crippen molar-refractivity contribution in [3.8, 4) is 0 Å². The van der Waals surface area contributed by atoms with Gasteiger partial charge in [-0.05, 0) is 0 Å². The van der Waals surface area contributed by atoms with Gasteiger partial charge in [-0.1, -0.05) is 56.2 Å². The molecule has 0 saturated carbocycles. The summed E-state index contributed by atoms with van der Waals surface area (Å²) in [6, 6.07) is 0. The molecular formula is C10H12Br2O3. The quantitative estimate of drug-likeness (QED) is 0.539. The summed E-state index contributed by atoms with van der Waals surface area (Å²) < 4.78 is 11.4. The van der Waals surface area contributed by atoms with E-state index in [2.05, 4.69) is 31.9 Å². The summed E-state index contributed by atoms with van der Waals surface area (Å²) in [5, 5.41) is 9.48. The van der Waals surface area contributed by atoms with Crippen molar-refractivity contribution >= 4 is 31.9 Å². The Hall–Kier alpha value is 0.320. The normalized spacial score (nSPS) is 39.9. The molecule has 0 unspecified atom stereocenters. The number of halogens is 2. The molecular weight excluding hydrogens is 328 g/mol. The molecule has 84 valence electrons. The van der Waals surface area contributed by atoms with Gasteiger partial charge < -0.3 is 14.6 Å². The Morgan fingerprint density at radius 2 is 1.47 bits per heavy atom. The van der Waals surface area contributed by atoms with Crippen LogP contribution in [0.25, 0.3) is 0 Å². The zero-order valence-corrected chi connectivity index (χ0v) is 11.1. The van der Waals surface area contributed by atoms with E-state index in [0.29, 0.717) is 13.2 Å². The fourth-order valence-corrected chi connectivity index (χ4v) is 3.48. The zero-order chi connectivity index (χ0) is 10.9. The van der Waals surface area contributed by atoms with Crippen molar-refractivity contribution in [3.05, 3.63) is 24.3 Å². The lowest BCUT2D eigenvalue weighted by Gasteiger charge is -2.34. The van der Waals surface area contributed by atoms with Crippen molar-refractivity contribution in [2.75, 3.05) is 13.2 Å². The molecule has 1 aliphatic heterocycles. The third kappa shape index (κ3) is 2.22. The van der Waals surface area contributed by atoms with Gasteiger partial charge in [0.1, 0.15) is 0 Å². The summed E-state index contributed by atoms with van der Waals surface area (Å²) in [4.78, 5) is -0.173. The monoisotopic (exact) mass is 338 g/mol. The molecule has 0 aromatic carbocycles. The molecule has 1 saturated heterocycles. The molecule has 0 radical (unpaired) electrons. The number of alkyl halides is 2. The first-order valence-electron chi connectivity index (χ1n) is 4.76. The van der Waals surface area contributed by atoms with Crippen molar-refractivity contribution < 1.29 is 14.6 Å². The molecule has 0 aromatic heterocycles. The van der Waals surface area contributed by atoms with Crippen molar-refractivity contribution in [3.63, 3.8) is 0 Å². The van der Waals surface area contributed by atoms with Crippen LogP contribution < -0.4 is 0 Å². The van der Waals surface area contributed by atoms with E-state index < -0.39 is 11.9 Å². The van der Waals surface area contributed by atoms with Crippen LogP contribution in [-0.4, -0.2) is 39.9 Å². The summed E-state index contributed by atoms with van der Waals surface area (Å²) in [7, 11) is 0. The highest BCUT2D eigenvalue weighted by Gasteiger charge is 2.47. The predicted octanol–water partition coefficient (Wildman–Crippen LogP) is 1.74. The van der Waals surface area contributed by atoms with Crippen molar-refractivity contribution in [2.45, 2.75) is 21.5 Å². The molecule has 1 N–H and O–H groups in total. The topological polar surface area (TPSA) is 38.7 Å². The molecule has 2 atom stereocenters. The van der Waals surface area contributed by atoms with Crippen LogP contribution in [0.1, 0.15) is 0 Å². The molecule has 3 nitrogen and oxygen atoms in total. The summed E-state index contributed by atoms with van der Waals surface area (Å²) in [6.45, 7) is 1.18. The van der Waals surface area contributed by atoms with Gasteiger partial charge in [0.15, 0.2) is 0 Å². The summed E-state index contributed by atoms with van der Waals surface area (Å²) in [5.41, 5.74) is 0.